The van der Waals surface area contributed by atoms with Gasteiger partial charge < -0.3 is 5.11 Å². The summed E-state index contributed by atoms with van der Waals surface area (Å²) in [7, 11) is 1.73. The Morgan fingerprint density at radius 2 is 2.31 bits per heavy atom. The van der Waals surface area contributed by atoms with Crippen molar-refractivity contribution in [1.29, 1.82) is 5.26 Å². The molecule has 1 aromatic carbocycles. The normalized spacial score (nSPS) is 10.1. The van der Waals surface area contributed by atoms with E-state index in [9.17, 15) is 4.79 Å². The molecule has 0 aromatic heterocycles. The number of carboxylic acid groups (broad SMARTS) is 1. The van der Waals surface area contributed by atoms with E-state index in [1.807, 2.05) is 12.1 Å². The zero-order chi connectivity index (χ0) is 12.1. The summed E-state index contributed by atoms with van der Waals surface area (Å²) >= 11 is 3.36. The molecule has 0 unspecified atom stereocenters. The fourth-order valence-corrected chi connectivity index (χ4v) is 1.83. The summed E-state index contributed by atoms with van der Waals surface area (Å²) < 4.78 is 0.823. The molecule has 0 bridgehead atoms. The molecule has 16 heavy (non-hydrogen) atoms. The molecule has 1 aromatic rings. The SMILES string of the molecule is CN(CC(=O)O)Cc1ccc(C#N)cc1Br. The van der Waals surface area contributed by atoms with Crippen molar-refractivity contribution in [3.05, 3.63) is 33.8 Å². The summed E-state index contributed by atoms with van der Waals surface area (Å²) in [6, 6.07) is 7.31. The minimum absolute atomic E-state index is 0.00750. The van der Waals surface area contributed by atoms with Crippen LogP contribution in [-0.2, 0) is 11.3 Å². The van der Waals surface area contributed by atoms with E-state index in [2.05, 4.69) is 15.9 Å². The lowest BCUT2D eigenvalue weighted by atomic mass is 10.1. The third-order valence-corrected chi connectivity index (χ3v) is 2.77. The molecule has 0 saturated heterocycles. The summed E-state index contributed by atoms with van der Waals surface area (Å²) in [5.41, 5.74) is 1.54. The van der Waals surface area contributed by atoms with E-state index in [1.165, 1.54) is 0 Å². The van der Waals surface area contributed by atoms with Gasteiger partial charge in [0.05, 0.1) is 18.2 Å². The molecule has 0 spiro atoms. The monoisotopic (exact) mass is 282 g/mol. The third kappa shape index (κ3) is 3.65. The molecule has 0 saturated carbocycles. The number of hydrogen-bond donors (Lipinski definition) is 1. The lowest BCUT2D eigenvalue weighted by Crippen LogP contribution is -2.25. The second kappa shape index (κ2) is 5.64. The van der Waals surface area contributed by atoms with Crippen LogP contribution in [0.1, 0.15) is 11.1 Å². The van der Waals surface area contributed by atoms with Crippen molar-refractivity contribution in [2.45, 2.75) is 6.54 Å². The number of carboxylic acids is 1. The zero-order valence-electron chi connectivity index (χ0n) is 8.77. The van der Waals surface area contributed by atoms with E-state index in [-0.39, 0.29) is 6.54 Å². The average Bonchev–Trinajstić information content (AvgIpc) is 2.19. The zero-order valence-corrected chi connectivity index (χ0v) is 10.4. The first-order chi connectivity index (χ1) is 7.52. The van der Waals surface area contributed by atoms with Crippen LogP contribution in [-0.4, -0.2) is 29.6 Å². The fraction of sp³-hybridized carbons (Fsp3) is 0.273. The van der Waals surface area contributed by atoms with Gasteiger partial charge in [-0.3, -0.25) is 9.69 Å². The van der Waals surface area contributed by atoms with Crippen LogP contribution in [0.2, 0.25) is 0 Å². The van der Waals surface area contributed by atoms with Crippen molar-refractivity contribution < 1.29 is 9.90 Å². The first-order valence-electron chi connectivity index (χ1n) is 4.62. The van der Waals surface area contributed by atoms with E-state index in [0.717, 1.165) is 10.0 Å². The number of aliphatic carboxylic acids is 1. The number of benzene rings is 1. The Morgan fingerprint density at radius 3 is 2.81 bits per heavy atom. The number of carbonyl (C=O) groups is 1. The molecule has 0 fully saturated rings. The molecule has 0 radical (unpaired) electrons. The van der Waals surface area contributed by atoms with Crippen LogP contribution < -0.4 is 0 Å². The van der Waals surface area contributed by atoms with Crippen molar-refractivity contribution in [3.8, 4) is 6.07 Å². The van der Waals surface area contributed by atoms with Crippen LogP contribution in [0.25, 0.3) is 0 Å². The van der Waals surface area contributed by atoms with Crippen LogP contribution in [0.3, 0.4) is 0 Å². The molecular formula is C11H11BrN2O2. The van der Waals surface area contributed by atoms with Crippen LogP contribution in [0.15, 0.2) is 22.7 Å². The van der Waals surface area contributed by atoms with E-state index >= 15 is 0 Å². The molecule has 0 aliphatic carbocycles. The van der Waals surface area contributed by atoms with Crippen LogP contribution in [0.5, 0.6) is 0 Å². The maximum absolute atomic E-state index is 10.5. The van der Waals surface area contributed by atoms with Gasteiger partial charge >= 0.3 is 5.97 Å². The van der Waals surface area contributed by atoms with Crippen molar-refractivity contribution >= 4 is 21.9 Å². The lowest BCUT2D eigenvalue weighted by molar-refractivity contribution is -0.138. The topological polar surface area (TPSA) is 64.3 Å². The summed E-state index contributed by atoms with van der Waals surface area (Å²) in [5, 5.41) is 17.3. The maximum Gasteiger partial charge on any atom is 0.317 e. The number of nitriles is 1. The van der Waals surface area contributed by atoms with E-state index in [1.54, 1.807) is 24.1 Å². The Balaban J connectivity index is 2.75. The largest absolute Gasteiger partial charge is 0.480 e. The minimum Gasteiger partial charge on any atom is -0.480 e. The van der Waals surface area contributed by atoms with Gasteiger partial charge in [-0.15, -0.1) is 0 Å². The Morgan fingerprint density at radius 1 is 1.62 bits per heavy atom. The summed E-state index contributed by atoms with van der Waals surface area (Å²) in [4.78, 5) is 12.2. The summed E-state index contributed by atoms with van der Waals surface area (Å²) in [5.74, 6) is -0.854. The van der Waals surface area contributed by atoms with Crippen LogP contribution >= 0.6 is 15.9 Å². The van der Waals surface area contributed by atoms with Crippen LogP contribution in [0, 0.1) is 11.3 Å². The summed E-state index contributed by atoms with van der Waals surface area (Å²) in [6.07, 6.45) is 0. The molecule has 0 atom stereocenters. The molecule has 1 rings (SSSR count). The van der Waals surface area contributed by atoms with Crippen molar-refractivity contribution in [3.63, 3.8) is 0 Å². The molecule has 5 heteroatoms. The number of likely N-dealkylation sites (N-methyl/N-ethyl adjacent to an activating group) is 1. The first-order valence-corrected chi connectivity index (χ1v) is 5.41. The van der Waals surface area contributed by atoms with E-state index in [4.69, 9.17) is 10.4 Å². The average molecular weight is 283 g/mol. The number of rotatable bonds is 4. The van der Waals surface area contributed by atoms with Gasteiger partial charge in [0, 0.05) is 11.0 Å². The van der Waals surface area contributed by atoms with Gasteiger partial charge in [-0.05, 0) is 24.7 Å². The van der Waals surface area contributed by atoms with Crippen LogP contribution in [0.4, 0.5) is 0 Å². The highest BCUT2D eigenvalue weighted by Crippen LogP contribution is 2.19. The Kier molecular flexibility index (Phi) is 4.47. The van der Waals surface area contributed by atoms with Gasteiger partial charge in [-0.1, -0.05) is 22.0 Å². The molecule has 84 valence electrons. The Labute approximate surface area is 102 Å². The summed E-state index contributed by atoms with van der Waals surface area (Å²) in [6.45, 7) is 0.519. The highest BCUT2D eigenvalue weighted by atomic mass is 79.9. The fourth-order valence-electron chi connectivity index (χ4n) is 1.32. The Hall–Kier alpha value is -1.38. The van der Waals surface area contributed by atoms with Gasteiger partial charge in [-0.2, -0.15) is 5.26 Å². The minimum atomic E-state index is -0.854. The van der Waals surface area contributed by atoms with Gasteiger partial charge in [0.25, 0.3) is 0 Å². The number of halogens is 1. The number of nitrogens with zero attached hydrogens (tertiary/aromatic N) is 2. The van der Waals surface area contributed by atoms with Gasteiger partial charge in [0.2, 0.25) is 0 Å². The van der Waals surface area contributed by atoms with Crippen molar-refractivity contribution in [2.75, 3.05) is 13.6 Å². The van der Waals surface area contributed by atoms with Gasteiger partial charge in [0.15, 0.2) is 0 Å². The quantitative estimate of drug-likeness (QED) is 0.915. The predicted octanol–water partition coefficient (Wildman–Crippen LogP) is 1.84. The third-order valence-electron chi connectivity index (χ3n) is 2.03. The van der Waals surface area contributed by atoms with E-state index in [0.29, 0.717) is 12.1 Å². The molecule has 1 N–H and O–H groups in total. The molecular weight excluding hydrogens is 272 g/mol. The highest BCUT2D eigenvalue weighted by molar-refractivity contribution is 9.10. The lowest BCUT2D eigenvalue weighted by Gasteiger charge is -2.15. The molecule has 0 aliphatic rings. The smallest absolute Gasteiger partial charge is 0.317 e. The molecule has 0 heterocycles. The van der Waals surface area contributed by atoms with Crippen molar-refractivity contribution in [2.24, 2.45) is 0 Å². The van der Waals surface area contributed by atoms with Gasteiger partial charge in [-0.25, -0.2) is 0 Å². The number of hydrogen-bond acceptors (Lipinski definition) is 3. The predicted molar refractivity (Wildman–Crippen MR) is 62.8 cm³/mol. The van der Waals surface area contributed by atoms with Crippen molar-refractivity contribution in [1.82, 2.24) is 4.90 Å². The molecule has 0 amide bonds. The molecule has 0 aliphatic heterocycles. The first kappa shape index (κ1) is 12.7. The maximum atomic E-state index is 10.5. The second-order valence-electron chi connectivity index (χ2n) is 3.48. The second-order valence-corrected chi connectivity index (χ2v) is 4.34. The molecule has 4 nitrogen and oxygen atoms in total. The van der Waals surface area contributed by atoms with E-state index < -0.39 is 5.97 Å². The highest BCUT2D eigenvalue weighted by Gasteiger charge is 2.07. The standard InChI is InChI=1S/C11H11BrN2O2/c1-14(7-11(15)16)6-9-3-2-8(5-13)4-10(9)12/h2-4H,6-7H2,1H3,(H,15,16). The van der Waals surface area contributed by atoms with Gasteiger partial charge in [0.1, 0.15) is 0 Å². The Bertz CT molecular complexity index is 440.